The molecule has 7 aromatic rings. The molecular weight excluding hydrogens is 659 g/mol. The Morgan fingerprint density at radius 3 is 1.72 bits per heavy atom. The number of rotatable bonds is 2. The standard InChI is InChI=1S/C24H21.C13H9.C2H6Si.2ClH.Zr/c1-15(2)19-13-18-6-4-7-20(23(18)14-19)21-12-11-17-10-9-16-5-3-8-22(21)24(16)17;1-3-7-12-10(5-1)9-11-6-2-4-8-13(11)12;1-3-2;;;/h3-8,11-15H,9-10H2,1-2H3;1-9H;1-2H3;2*1H;/q2*-1;;;;+4/p-2. The second-order valence-electron chi connectivity index (χ2n) is 11.3. The molecule has 214 valence electrons. The van der Waals surface area contributed by atoms with Crippen molar-refractivity contribution in [3.05, 3.63) is 132 Å². The molecule has 0 spiro atoms. The molecule has 0 atom stereocenters. The van der Waals surface area contributed by atoms with Crippen LogP contribution in [0.5, 0.6) is 0 Å². The number of hydrogen-bond donors (Lipinski definition) is 0. The first kappa shape index (κ1) is 31.9. The summed E-state index contributed by atoms with van der Waals surface area (Å²) in [7, 11) is 11.0. The van der Waals surface area contributed by atoms with E-state index < -0.39 is 20.8 Å². The van der Waals surface area contributed by atoms with Gasteiger partial charge in [-0.1, -0.05) is 105 Å². The first-order chi connectivity index (χ1) is 21.0. The molecule has 0 fully saturated rings. The van der Waals surface area contributed by atoms with E-state index in [0.717, 1.165) is 9.52 Å². The molecule has 43 heavy (non-hydrogen) atoms. The fourth-order valence-corrected chi connectivity index (χ4v) is 6.21. The maximum atomic E-state index is 4.93. The molecular formula is C39H36Cl2SiZr. The Hall–Kier alpha value is -2.48. The van der Waals surface area contributed by atoms with Crippen LogP contribution in [0.2, 0.25) is 13.1 Å². The van der Waals surface area contributed by atoms with E-state index in [9.17, 15) is 0 Å². The summed E-state index contributed by atoms with van der Waals surface area (Å²) in [5.41, 5.74) is 7.21. The Morgan fingerprint density at radius 1 is 0.605 bits per heavy atom. The third-order valence-corrected chi connectivity index (χ3v) is 8.13. The average molecular weight is 695 g/mol. The van der Waals surface area contributed by atoms with Gasteiger partial charge in [0.25, 0.3) is 0 Å². The van der Waals surface area contributed by atoms with Crippen molar-refractivity contribution in [3.63, 3.8) is 0 Å². The maximum Gasteiger partial charge on any atom is -0.0771 e. The van der Waals surface area contributed by atoms with Gasteiger partial charge >= 0.3 is 37.9 Å². The molecule has 0 nitrogen and oxygen atoms in total. The van der Waals surface area contributed by atoms with E-state index in [-0.39, 0.29) is 0 Å². The van der Waals surface area contributed by atoms with Gasteiger partial charge in [-0.3, -0.25) is 0 Å². The van der Waals surface area contributed by atoms with Crippen molar-refractivity contribution in [2.24, 2.45) is 0 Å². The summed E-state index contributed by atoms with van der Waals surface area (Å²) in [6, 6.07) is 42.2. The number of hydrogen-bond acceptors (Lipinski definition) is 0. The number of halogens is 2. The van der Waals surface area contributed by atoms with Gasteiger partial charge in [0.2, 0.25) is 0 Å². The fourth-order valence-electron chi connectivity index (χ4n) is 6.21. The number of benzene rings is 5. The molecule has 7 aromatic carbocycles. The van der Waals surface area contributed by atoms with Crippen LogP contribution in [-0.2, 0) is 33.7 Å². The van der Waals surface area contributed by atoms with Crippen LogP contribution in [0.3, 0.4) is 0 Å². The molecule has 0 saturated heterocycles. The van der Waals surface area contributed by atoms with Crippen molar-refractivity contribution >= 4 is 69.6 Å². The minimum Gasteiger partial charge on any atom is -0.126 e. The van der Waals surface area contributed by atoms with Crippen LogP contribution in [0.4, 0.5) is 0 Å². The van der Waals surface area contributed by atoms with Gasteiger partial charge in [0.1, 0.15) is 0 Å². The predicted octanol–water partition coefficient (Wildman–Crippen LogP) is 12.5. The molecule has 1 aliphatic rings. The summed E-state index contributed by atoms with van der Waals surface area (Å²) >= 11 is -0.826. The molecule has 0 unspecified atom stereocenters. The largest absolute Gasteiger partial charge is 0.126 e. The van der Waals surface area contributed by atoms with E-state index in [4.69, 9.17) is 17.0 Å². The zero-order valence-corrected chi connectivity index (χ0v) is 30.2. The van der Waals surface area contributed by atoms with Crippen molar-refractivity contribution in [2.45, 2.75) is 45.7 Å². The quantitative estimate of drug-likeness (QED) is 0.125. The molecule has 0 saturated carbocycles. The summed E-state index contributed by atoms with van der Waals surface area (Å²) in [5, 5.41) is 11.1. The first-order valence-corrected chi connectivity index (χ1v) is 23.1. The van der Waals surface area contributed by atoms with E-state index in [1.54, 1.807) is 0 Å². The molecule has 0 N–H and O–H groups in total. The molecule has 4 heteroatoms. The average Bonchev–Trinajstić information content (AvgIpc) is 3.75. The Bertz CT molecular complexity index is 1900. The predicted molar refractivity (Wildman–Crippen MR) is 190 cm³/mol. The third-order valence-electron chi connectivity index (χ3n) is 8.13. The SMILES string of the molecule is CC(C)c1cc2c(-c3ccc4c5c(cccc35)CC4)cccc2[cH-]1.C[Si]C.[Cl][Zr+2][Cl].c1ccc2c(c1)[cH-]c1ccccc12. The maximum absolute atomic E-state index is 4.93. The van der Waals surface area contributed by atoms with Crippen LogP contribution in [0.1, 0.15) is 36.5 Å². The van der Waals surface area contributed by atoms with Crippen molar-refractivity contribution < 1.29 is 20.8 Å². The Morgan fingerprint density at radius 2 is 1.09 bits per heavy atom. The molecule has 0 amide bonds. The van der Waals surface area contributed by atoms with Gasteiger partial charge < -0.3 is 0 Å². The van der Waals surface area contributed by atoms with E-state index in [0.29, 0.717) is 5.92 Å². The number of aryl methyl sites for hydroxylation is 2. The van der Waals surface area contributed by atoms with E-state index in [1.807, 2.05) is 0 Å². The van der Waals surface area contributed by atoms with Crippen molar-refractivity contribution in [3.8, 4) is 11.1 Å². The van der Waals surface area contributed by atoms with Gasteiger partial charge in [-0.15, -0.1) is 74.3 Å². The van der Waals surface area contributed by atoms with Crippen molar-refractivity contribution in [1.82, 2.24) is 0 Å². The summed E-state index contributed by atoms with van der Waals surface area (Å²) in [5.74, 6) is 0.568. The minimum atomic E-state index is -0.826. The van der Waals surface area contributed by atoms with Gasteiger partial charge in [-0.25, -0.2) is 0 Å². The Labute approximate surface area is 277 Å². The molecule has 0 heterocycles. The third kappa shape index (κ3) is 6.94. The molecule has 0 aliphatic heterocycles. The molecule has 0 aromatic heterocycles. The summed E-state index contributed by atoms with van der Waals surface area (Å²) in [4.78, 5) is 0. The van der Waals surface area contributed by atoms with E-state index >= 15 is 0 Å². The second kappa shape index (κ2) is 15.0. The van der Waals surface area contributed by atoms with Crippen LogP contribution < -0.4 is 0 Å². The smallest absolute Gasteiger partial charge is 0.0771 e. The van der Waals surface area contributed by atoms with Crippen LogP contribution in [0.15, 0.2) is 115 Å². The van der Waals surface area contributed by atoms with Crippen LogP contribution in [0, 0.1) is 0 Å². The Kier molecular flexibility index (Phi) is 11.1. The van der Waals surface area contributed by atoms with E-state index in [2.05, 4.69) is 142 Å². The number of fused-ring (bicyclic) bond motifs is 4. The van der Waals surface area contributed by atoms with Gasteiger partial charge in [0.15, 0.2) is 0 Å². The summed E-state index contributed by atoms with van der Waals surface area (Å²) < 4.78 is 0. The van der Waals surface area contributed by atoms with Gasteiger partial charge in [-0.05, 0) is 46.2 Å². The molecule has 2 radical (unpaired) electrons. The van der Waals surface area contributed by atoms with Crippen LogP contribution >= 0.6 is 17.0 Å². The van der Waals surface area contributed by atoms with Crippen LogP contribution in [0.25, 0.3) is 54.2 Å². The Balaban J connectivity index is 0.000000162. The van der Waals surface area contributed by atoms with Gasteiger partial charge in [0.05, 0.1) is 0 Å². The fraction of sp³-hybridized carbons (Fsp3) is 0.179. The van der Waals surface area contributed by atoms with Crippen LogP contribution in [-0.4, -0.2) is 9.52 Å². The van der Waals surface area contributed by atoms with Gasteiger partial charge in [0, 0.05) is 9.52 Å². The second-order valence-corrected chi connectivity index (χ2v) is 16.0. The van der Waals surface area contributed by atoms with Crippen molar-refractivity contribution in [1.29, 1.82) is 0 Å². The molecule has 1 aliphatic carbocycles. The zero-order valence-electron chi connectivity index (χ0n) is 25.2. The first-order valence-electron chi connectivity index (χ1n) is 14.8. The topological polar surface area (TPSA) is 0 Å². The van der Waals surface area contributed by atoms with Crippen molar-refractivity contribution in [2.75, 3.05) is 0 Å². The normalized spacial score (nSPS) is 11.5. The van der Waals surface area contributed by atoms with Gasteiger partial charge in [-0.2, -0.15) is 6.07 Å². The molecule has 8 rings (SSSR count). The summed E-state index contributed by atoms with van der Waals surface area (Å²) in [6.45, 7) is 8.85. The molecule has 0 bridgehead atoms. The monoisotopic (exact) mass is 692 g/mol. The minimum absolute atomic E-state index is 0.568. The zero-order chi connectivity index (χ0) is 30.3. The van der Waals surface area contributed by atoms with E-state index in [1.165, 1.54) is 83.7 Å². The summed E-state index contributed by atoms with van der Waals surface area (Å²) in [6.07, 6.45) is 2.38.